The largest absolute Gasteiger partial charge is 0.383 e. The van der Waals surface area contributed by atoms with Crippen LogP contribution in [0.5, 0.6) is 0 Å². The van der Waals surface area contributed by atoms with Crippen LogP contribution in [0.2, 0.25) is 0 Å². The minimum atomic E-state index is -3.58. The number of hydrogen-bond donors (Lipinski definition) is 2. The van der Waals surface area contributed by atoms with Crippen molar-refractivity contribution in [3.05, 3.63) is 29.8 Å². The van der Waals surface area contributed by atoms with Gasteiger partial charge in [0.15, 0.2) is 0 Å². The predicted molar refractivity (Wildman–Crippen MR) is 98.7 cm³/mol. The van der Waals surface area contributed by atoms with Gasteiger partial charge in [0.05, 0.1) is 11.5 Å². The number of hydrogen-bond acceptors (Lipinski definition) is 5. The van der Waals surface area contributed by atoms with Gasteiger partial charge in [0.25, 0.3) is 5.91 Å². The first kappa shape index (κ1) is 21.9. The van der Waals surface area contributed by atoms with Gasteiger partial charge in [-0.05, 0) is 38.1 Å². The van der Waals surface area contributed by atoms with Crippen molar-refractivity contribution in [3.63, 3.8) is 0 Å². The number of carbonyl (C=O) groups excluding carboxylic acids is 1. The second-order valence-corrected chi connectivity index (χ2v) is 7.66. The quantitative estimate of drug-likeness (QED) is 0.702. The molecule has 1 amide bonds. The first-order chi connectivity index (χ1) is 11.4. The molecule has 0 radical (unpaired) electrons. The molecule has 2 atom stereocenters. The van der Waals surface area contributed by atoms with E-state index in [4.69, 9.17) is 4.74 Å². The maximum Gasteiger partial charge on any atom is 0.254 e. The molecule has 1 aliphatic rings. The van der Waals surface area contributed by atoms with E-state index >= 15 is 0 Å². The zero-order valence-electron chi connectivity index (χ0n) is 14.7. The number of halogens is 1. The smallest absolute Gasteiger partial charge is 0.254 e. The number of nitrogens with one attached hydrogen (secondary N) is 2. The molecule has 0 bridgehead atoms. The lowest BCUT2D eigenvalue weighted by molar-refractivity contribution is 0.0603. The van der Waals surface area contributed by atoms with Gasteiger partial charge in [0, 0.05) is 44.4 Å². The van der Waals surface area contributed by atoms with Gasteiger partial charge in [-0.1, -0.05) is 0 Å². The summed E-state index contributed by atoms with van der Waals surface area (Å²) in [7, 11) is -2.08. The van der Waals surface area contributed by atoms with E-state index in [1.165, 1.54) is 19.2 Å². The lowest BCUT2D eigenvalue weighted by Gasteiger charge is -2.38. The Labute approximate surface area is 155 Å². The molecular weight excluding hydrogens is 366 g/mol. The number of methoxy groups -OCH3 is 1. The first-order valence-corrected chi connectivity index (χ1v) is 9.48. The number of ether oxygens (including phenoxy) is 1. The second kappa shape index (κ2) is 9.49. The zero-order valence-corrected chi connectivity index (χ0v) is 16.3. The van der Waals surface area contributed by atoms with Crippen LogP contribution in [-0.2, 0) is 14.8 Å². The number of nitrogens with zero attached hydrogens (tertiary/aromatic N) is 1. The monoisotopic (exact) mass is 391 g/mol. The van der Waals surface area contributed by atoms with E-state index in [1.54, 1.807) is 12.1 Å². The fourth-order valence-corrected chi connectivity index (χ4v) is 3.66. The van der Waals surface area contributed by atoms with Crippen LogP contribution in [-0.4, -0.2) is 64.7 Å². The number of carbonyl (C=O) groups is 1. The Kier molecular flexibility index (Phi) is 8.30. The molecule has 0 aromatic heterocycles. The molecule has 1 aromatic carbocycles. The molecule has 0 saturated carbocycles. The number of sulfonamides is 1. The molecule has 7 nitrogen and oxygen atoms in total. The highest BCUT2D eigenvalue weighted by atomic mass is 35.5. The molecule has 2 unspecified atom stereocenters. The molecular formula is C16H26ClN3O4S. The van der Waals surface area contributed by atoms with E-state index in [2.05, 4.69) is 10.0 Å². The average Bonchev–Trinajstić information content (AvgIpc) is 2.57. The van der Waals surface area contributed by atoms with Crippen LogP contribution in [0, 0.1) is 0 Å². The Morgan fingerprint density at radius 3 is 2.56 bits per heavy atom. The summed E-state index contributed by atoms with van der Waals surface area (Å²) in [5.74, 6) is -0.0767. The molecule has 2 rings (SSSR count). The summed E-state index contributed by atoms with van der Waals surface area (Å²) in [5, 5.41) is 3.33. The first-order valence-electron chi connectivity index (χ1n) is 8.00. The van der Waals surface area contributed by atoms with Crippen molar-refractivity contribution in [2.75, 3.05) is 33.4 Å². The van der Waals surface area contributed by atoms with Gasteiger partial charge in [0.2, 0.25) is 10.0 Å². The lowest BCUT2D eigenvalue weighted by atomic mass is 10.1. The Balaban J connectivity index is 0.00000312. The fourth-order valence-electron chi connectivity index (χ4n) is 2.65. The molecule has 1 saturated heterocycles. The lowest BCUT2D eigenvalue weighted by Crippen LogP contribution is -2.57. The van der Waals surface area contributed by atoms with Gasteiger partial charge in [0.1, 0.15) is 0 Å². The third-order valence-electron chi connectivity index (χ3n) is 4.30. The number of rotatable bonds is 6. The van der Waals surface area contributed by atoms with Gasteiger partial charge in [-0.2, -0.15) is 0 Å². The number of amides is 1. The van der Waals surface area contributed by atoms with Gasteiger partial charge in [-0.15, -0.1) is 12.4 Å². The maximum atomic E-state index is 12.6. The fraction of sp³-hybridized carbons (Fsp3) is 0.562. The normalized spacial score (nSPS) is 20.8. The standard InChI is InChI=1S/C16H25N3O4S.ClH/c1-12-13(2)19(10-8-17-12)16(20)14-4-6-15(7-5-14)24(21,22)18-9-11-23-3;/h4-7,12-13,17-18H,8-11H2,1-3H3;1H. The van der Waals surface area contributed by atoms with Crippen molar-refractivity contribution in [2.24, 2.45) is 0 Å². The van der Waals surface area contributed by atoms with Crippen LogP contribution in [0.1, 0.15) is 24.2 Å². The third-order valence-corrected chi connectivity index (χ3v) is 5.78. The minimum Gasteiger partial charge on any atom is -0.383 e. The summed E-state index contributed by atoms with van der Waals surface area (Å²) in [6, 6.07) is 6.36. The second-order valence-electron chi connectivity index (χ2n) is 5.90. The Hall–Kier alpha value is -1.19. The highest BCUT2D eigenvalue weighted by molar-refractivity contribution is 7.89. The van der Waals surface area contributed by atoms with E-state index in [9.17, 15) is 13.2 Å². The van der Waals surface area contributed by atoms with E-state index < -0.39 is 10.0 Å². The molecule has 1 aliphatic heterocycles. The van der Waals surface area contributed by atoms with Gasteiger partial charge in [-0.25, -0.2) is 13.1 Å². The van der Waals surface area contributed by atoms with Crippen LogP contribution in [0.25, 0.3) is 0 Å². The van der Waals surface area contributed by atoms with Gasteiger partial charge >= 0.3 is 0 Å². The van der Waals surface area contributed by atoms with Crippen molar-refractivity contribution in [1.82, 2.24) is 14.9 Å². The van der Waals surface area contributed by atoms with Crippen LogP contribution in [0.4, 0.5) is 0 Å². The van der Waals surface area contributed by atoms with Crippen LogP contribution in [0.3, 0.4) is 0 Å². The Bertz CT molecular complexity index is 666. The van der Waals surface area contributed by atoms with Crippen LogP contribution < -0.4 is 10.0 Å². The molecule has 2 N–H and O–H groups in total. The van der Waals surface area contributed by atoms with Gasteiger partial charge < -0.3 is 15.0 Å². The summed E-state index contributed by atoms with van der Waals surface area (Å²) in [5.41, 5.74) is 0.492. The maximum absolute atomic E-state index is 12.6. The molecule has 1 aromatic rings. The average molecular weight is 392 g/mol. The Morgan fingerprint density at radius 1 is 1.32 bits per heavy atom. The molecule has 25 heavy (non-hydrogen) atoms. The summed E-state index contributed by atoms with van der Waals surface area (Å²) in [4.78, 5) is 14.6. The van der Waals surface area contributed by atoms with Crippen molar-refractivity contribution in [2.45, 2.75) is 30.8 Å². The zero-order chi connectivity index (χ0) is 17.7. The number of benzene rings is 1. The van der Waals surface area contributed by atoms with E-state index in [1.807, 2.05) is 18.7 Å². The predicted octanol–water partition coefficient (Wildman–Crippen LogP) is 0.856. The van der Waals surface area contributed by atoms with E-state index in [0.29, 0.717) is 18.7 Å². The SMILES string of the molecule is COCCNS(=O)(=O)c1ccc(C(=O)N2CCNC(C)C2C)cc1.Cl. The van der Waals surface area contributed by atoms with Crippen LogP contribution in [0.15, 0.2) is 29.2 Å². The molecule has 0 aliphatic carbocycles. The van der Waals surface area contributed by atoms with Crippen molar-refractivity contribution in [1.29, 1.82) is 0 Å². The minimum absolute atomic E-state index is 0. The van der Waals surface area contributed by atoms with E-state index in [-0.39, 0.29) is 41.8 Å². The van der Waals surface area contributed by atoms with E-state index in [0.717, 1.165) is 6.54 Å². The van der Waals surface area contributed by atoms with Gasteiger partial charge in [-0.3, -0.25) is 4.79 Å². The highest BCUT2D eigenvalue weighted by Gasteiger charge is 2.28. The molecule has 142 valence electrons. The molecule has 1 fully saturated rings. The highest BCUT2D eigenvalue weighted by Crippen LogP contribution is 2.16. The van der Waals surface area contributed by atoms with Crippen LogP contribution >= 0.6 is 12.4 Å². The third kappa shape index (κ3) is 5.39. The van der Waals surface area contributed by atoms with Crippen molar-refractivity contribution < 1.29 is 17.9 Å². The molecule has 9 heteroatoms. The van der Waals surface area contributed by atoms with Crippen molar-refractivity contribution >= 4 is 28.3 Å². The summed E-state index contributed by atoms with van der Waals surface area (Å²) in [6.07, 6.45) is 0. The topological polar surface area (TPSA) is 87.7 Å². The Morgan fingerprint density at radius 2 is 1.96 bits per heavy atom. The summed E-state index contributed by atoms with van der Waals surface area (Å²) in [6.45, 7) is 5.96. The van der Waals surface area contributed by atoms with Crippen molar-refractivity contribution in [3.8, 4) is 0 Å². The molecule has 1 heterocycles. The molecule has 0 spiro atoms. The number of piperazine rings is 1. The summed E-state index contributed by atoms with van der Waals surface area (Å²) >= 11 is 0. The summed E-state index contributed by atoms with van der Waals surface area (Å²) < 4.78 is 31.5.